The van der Waals surface area contributed by atoms with Gasteiger partial charge in [0.15, 0.2) is 0 Å². The third kappa shape index (κ3) is 4.19. The second-order valence-electron chi connectivity index (χ2n) is 4.47. The number of hydrogen-bond acceptors (Lipinski definition) is 3. The van der Waals surface area contributed by atoms with Crippen LogP contribution in [0.25, 0.3) is 0 Å². The van der Waals surface area contributed by atoms with Gasteiger partial charge in [-0.25, -0.2) is 0 Å². The molecule has 21 heavy (non-hydrogen) atoms. The fourth-order valence-electron chi connectivity index (χ4n) is 1.73. The van der Waals surface area contributed by atoms with Crippen LogP contribution in [0.2, 0.25) is 0 Å². The molecule has 6 heteroatoms. The van der Waals surface area contributed by atoms with E-state index in [2.05, 4.69) is 26.6 Å². The maximum absolute atomic E-state index is 12.1. The fourth-order valence-corrected chi connectivity index (χ4v) is 2.19. The van der Waals surface area contributed by atoms with Gasteiger partial charge in [0, 0.05) is 4.47 Å². The van der Waals surface area contributed by atoms with Gasteiger partial charge in [-0.1, -0.05) is 12.1 Å². The number of carbonyl (C=O) groups is 2. The smallest absolute Gasteiger partial charge is 0.253 e. The Balaban J connectivity index is 1.88. The quantitative estimate of drug-likeness (QED) is 0.869. The molecule has 0 saturated heterocycles. The highest BCUT2D eigenvalue weighted by Crippen LogP contribution is 2.15. The molecule has 1 atom stereocenters. The molecule has 110 valence electrons. The lowest BCUT2D eigenvalue weighted by Gasteiger charge is -2.14. The van der Waals surface area contributed by atoms with Crippen LogP contribution in [0.4, 0.5) is 0 Å². The predicted octanol–water partition coefficient (Wildman–Crippen LogP) is 2.48. The van der Waals surface area contributed by atoms with Crippen LogP contribution < -0.4 is 10.6 Å². The van der Waals surface area contributed by atoms with E-state index >= 15 is 0 Å². The summed E-state index contributed by atoms with van der Waals surface area (Å²) < 4.78 is 5.81. The molecule has 0 aliphatic heterocycles. The Morgan fingerprint density at radius 3 is 2.67 bits per heavy atom. The van der Waals surface area contributed by atoms with Gasteiger partial charge in [-0.05, 0) is 47.1 Å². The highest BCUT2D eigenvalue weighted by molar-refractivity contribution is 9.10. The van der Waals surface area contributed by atoms with Crippen molar-refractivity contribution in [1.82, 2.24) is 10.6 Å². The van der Waals surface area contributed by atoms with Crippen molar-refractivity contribution >= 4 is 27.7 Å². The lowest BCUT2D eigenvalue weighted by molar-refractivity contribution is -0.122. The average Bonchev–Trinajstić information content (AvgIpc) is 2.98. The Labute approximate surface area is 130 Å². The SMILES string of the molecule is CC(NC(=O)c1ccccc1Br)C(=O)NCc1ccco1. The molecule has 1 aromatic carbocycles. The number of furan rings is 1. The summed E-state index contributed by atoms with van der Waals surface area (Å²) in [4.78, 5) is 24.0. The van der Waals surface area contributed by atoms with E-state index in [0.29, 0.717) is 22.3 Å². The first-order valence-corrected chi connectivity index (χ1v) is 7.22. The number of amides is 2. The summed E-state index contributed by atoms with van der Waals surface area (Å²) in [5.41, 5.74) is 0.489. The third-order valence-corrected chi connectivity index (χ3v) is 3.57. The minimum Gasteiger partial charge on any atom is -0.467 e. The van der Waals surface area contributed by atoms with Crippen molar-refractivity contribution < 1.29 is 14.0 Å². The fraction of sp³-hybridized carbons (Fsp3) is 0.200. The van der Waals surface area contributed by atoms with Gasteiger partial charge in [0.05, 0.1) is 18.4 Å². The molecule has 0 radical (unpaired) electrons. The number of carbonyl (C=O) groups excluding carboxylic acids is 2. The van der Waals surface area contributed by atoms with Crippen LogP contribution in [0, 0.1) is 0 Å². The first-order chi connectivity index (χ1) is 10.1. The summed E-state index contributed by atoms with van der Waals surface area (Å²) in [6, 6.07) is 9.93. The second-order valence-corrected chi connectivity index (χ2v) is 5.33. The van der Waals surface area contributed by atoms with Crippen LogP contribution in [0.15, 0.2) is 51.6 Å². The normalized spacial score (nSPS) is 11.7. The molecular weight excluding hydrogens is 336 g/mol. The first kappa shape index (κ1) is 15.3. The Kier molecular flexibility index (Phi) is 5.16. The van der Waals surface area contributed by atoms with Crippen molar-refractivity contribution in [2.75, 3.05) is 0 Å². The number of halogens is 1. The molecule has 2 rings (SSSR count). The minimum absolute atomic E-state index is 0.271. The second kappa shape index (κ2) is 7.08. The van der Waals surface area contributed by atoms with E-state index < -0.39 is 6.04 Å². The molecule has 0 fully saturated rings. The summed E-state index contributed by atoms with van der Waals surface area (Å²) >= 11 is 3.31. The van der Waals surface area contributed by atoms with E-state index in [4.69, 9.17) is 4.42 Å². The van der Waals surface area contributed by atoms with Crippen LogP contribution in [0.5, 0.6) is 0 Å². The molecular formula is C15H15BrN2O3. The molecule has 2 N–H and O–H groups in total. The molecule has 1 aromatic heterocycles. The van der Waals surface area contributed by atoms with Crippen molar-refractivity contribution in [2.45, 2.75) is 19.5 Å². The van der Waals surface area contributed by atoms with Gasteiger partial charge >= 0.3 is 0 Å². The predicted molar refractivity (Wildman–Crippen MR) is 81.6 cm³/mol. The zero-order chi connectivity index (χ0) is 15.2. The van der Waals surface area contributed by atoms with Crippen LogP contribution in [-0.2, 0) is 11.3 Å². The summed E-state index contributed by atoms with van der Waals surface area (Å²) in [7, 11) is 0. The molecule has 0 bridgehead atoms. The van der Waals surface area contributed by atoms with E-state index in [1.54, 1.807) is 43.5 Å². The van der Waals surface area contributed by atoms with E-state index in [-0.39, 0.29) is 11.8 Å². The lowest BCUT2D eigenvalue weighted by atomic mass is 10.2. The molecule has 0 aliphatic carbocycles. The van der Waals surface area contributed by atoms with Gasteiger partial charge in [0.25, 0.3) is 5.91 Å². The summed E-state index contributed by atoms with van der Waals surface area (Å²) in [6.45, 7) is 1.92. The van der Waals surface area contributed by atoms with E-state index in [9.17, 15) is 9.59 Å². The maximum Gasteiger partial charge on any atom is 0.253 e. The number of benzene rings is 1. The van der Waals surface area contributed by atoms with Gasteiger partial charge in [0.1, 0.15) is 11.8 Å². The largest absolute Gasteiger partial charge is 0.467 e. The molecule has 5 nitrogen and oxygen atoms in total. The zero-order valence-corrected chi connectivity index (χ0v) is 13.0. The lowest BCUT2D eigenvalue weighted by Crippen LogP contribution is -2.44. The van der Waals surface area contributed by atoms with Crippen LogP contribution in [-0.4, -0.2) is 17.9 Å². The zero-order valence-electron chi connectivity index (χ0n) is 11.4. The maximum atomic E-state index is 12.1. The molecule has 0 saturated carbocycles. The minimum atomic E-state index is -0.639. The Bertz CT molecular complexity index is 626. The molecule has 1 heterocycles. The van der Waals surface area contributed by atoms with Crippen molar-refractivity contribution in [3.8, 4) is 0 Å². The summed E-state index contributed by atoms with van der Waals surface area (Å²) in [6.07, 6.45) is 1.54. The molecule has 0 spiro atoms. The Hall–Kier alpha value is -2.08. The van der Waals surface area contributed by atoms with Crippen LogP contribution in [0.3, 0.4) is 0 Å². The Morgan fingerprint density at radius 1 is 1.24 bits per heavy atom. The van der Waals surface area contributed by atoms with Gasteiger partial charge in [-0.2, -0.15) is 0 Å². The van der Waals surface area contributed by atoms with E-state index in [1.165, 1.54) is 0 Å². The summed E-state index contributed by atoms with van der Waals surface area (Å²) in [5.74, 6) is 0.0857. The standard InChI is InChI=1S/C15H15BrN2O3/c1-10(14(19)17-9-11-5-4-8-21-11)18-15(20)12-6-2-3-7-13(12)16/h2-8,10H,9H2,1H3,(H,17,19)(H,18,20). The van der Waals surface area contributed by atoms with Gasteiger partial charge in [-0.15, -0.1) is 0 Å². The van der Waals surface area contributed by atoms with Gasteiger partial charge in [0.2, 0.25) is 5.91 Å². The number of nitrogens with one attached hydrogen (secondary N) is 2. The van der Waals surface area contributed by atoms with Gasteiger partial charge in [-0.3, -0.25) is 9.59 Å². The number of rotatable bonds is 5. The highest BCUT2D eigenvalue weighted by Gasteiger charge is 2.17. The summed E-state index contributed by atoms with van der Waals surface area (Å²) in [5, 5.41) is 5.35. The van der Waals surface area contributed by atoms with Gasteiger partial charge < -0.3 is 15.1 Å². The van der Waals surface area contributed by atoms with Crippen molar-refractivity contribution in [3.05, 3.63) is 58.5 Å². The third-order valence-electron chi connectivity index (χ3n) is 2.88. The van der Waals surface area contributed by atoms with E-state index in [1.807, 2.05) is 6.07 Å². The Morgan fingerprint density at radius 2 is 2.00 bits per heavy atom. The number of hydrogen-bond donors (Lipinski definition) is 2. The monoisotopic (exact) mass is 350 g/mol. The van der Waals surface area contributed by atoms with Crippen molar-refractivity contribution in [1.29, 1.82) is 0 Å². The molecule has 2 amide bonds. The van der Waals surface area contributed by atoms with Crippen LogP contribution >= 0.6 is 15.9 Å². The van der Waals surface area contributed by atoms with Crippen molar-refractivity contribution in [3.63, 3.8) is 0 Å². The molecule has 0 aliphatic rings. The molecule has 2 aromatic rings. The van der Waals surface area contributed by atoms with E-state index in [0.717, 1.165) is 0 Å². The topological polar surface area (TPSA) is 71.3 Å². The highest BCUT2D eigenvalue weighted by atomic mass is 79.9. The molecule has 1 unspecified atom stereocenters. The van der Waals surface area contributed by atoms with Crippen molar-refractivity contribution in [2.24, 2.45) is 0 Å². The van der Waals surface area contributed by atoms with Crippen LogP contribution in [0.1, 0.15) is 23.0 Å². The average molecular weight is 351 g/mol. The first-order valence-electron chi connectivity index (χ1n) is 6.43.